The van der Waals surface area contributed by atoms with Crippen LogP contribution < -0.4 is 0 Å². The molecular formula is C22H22O. The van der Waals surface area contributed by atoms with Crippen molar-refractivity contribution in [3.8, 4) is 0 Å². The number of ketones is 1. The lowest BCUT2D eigenvalue weighted by atomic mass is 9.61. The van der Waals surface area contributed by atoms with Crippen LogP contribution in [0.1, 0.15) is 38.8 Å². The van der Waals surface area contributed by atoms with Crippen LogP contribution in [0.5, 0.6) is 0 Å². The normalized spacial score (nSPS) is 17.7. The smallest absolute Gasteiger partial charge is 0.177 e. The zero-order chi connectivity index (χ0) is 16.6. The standard InChI is InChI=1S/C22H22O/c1-15-16(2)18(4)22(21(23)17(15)3,19-11-7-5-8-12-19)20-13-9-6-10-14-20/h5-14H,1-4H3. The zero-order valence-electron chi connectivity index (χ0n) is 14.2. The van der Waals surface area contributed by atoms with Crippen LogP contribution in [0, 0.1) is 0 Å². The number of hydrogen-bond donors (Lipinski definition) is 0. The van der Waals surface area contributed by atoms with Crippen LogP contribution in [-0.2, 0) is 10.2 Å². The molecule has 3 rings (SSSR count). The summed E-state index contributed by atoms with van der Waals surface area (Å²) in [4.78, 5) is 13.5. The second-order valence-electron chi connectivity index (χ2n) is 6.31. The van der Waals surface area contributed by atoms with E-state index in [-0.39, 0.29) is 5.78 Å². The van der Waals surface area contributed by atoms with E-state index in [4.69, 9.17) is 0 Å². The van der Waals surface area contributed by atoms with Gasteiger partial charge in [-0.25, -0.2) is 0 Å². The van der Waals surface area contributed by atoms with E-state index >= 15 is 0 Å². The van der Waals surface area contributed by atoms with Gasteiger partial charge in [-0.05, 0) is 61.1 Å². The molecule has 0 spiro atoms. The van der Waals surface area contributed by atoms with Crippen molar-refractivity contribution in [3.63, 3.8) is 0 Å². The van der Waals surface area contributed by atoms with Crippen molar-refractivity contribution in [3.05, 3.63) is 94.1 Å². The molecule has 0 aromatic heterocycles. The van der Waals surface area contributed by atoms with Gasteiger partial charge in [0.05, 0.1) is 0 Å². The Morgan fingerprint density at radius 3 is 1.48 bits per heavy atom. The quantitative estimate of drug-likeness (QED) is 0.742. The van der Waals surface area contributed by atoms with Gasteiger partial charge in [-0.3, -0.25) is 4.79 Å². The summed E-state index contributed by atoms with van der Waals surface area (Å²) >= 11 is 0. The van der Waals surface area contributed by atoms with E-state index in [0.717, 1.165) is 27.8 Å². The average Bonchev–Trinajstić information content (AvgIpc) is 2.61. The van der Waals surface area contributed by atoms with Crippen LogP contribution in [0.25, 0.3) is 0 Å². The van der Waals surface area contributed by atoms with Crippen LogP contribution in [0.3, 0.4) is 0 Å². The summed E-state index contributed by atoms with van der Waals surface area (Å²) < 4.78 is 0. The predicted molar refractivity (Wildman–Crippen MR) is 95.4 cm³/mol. The summed E-state index contributed by atoms with van der Waals surface area (Å²) in [5.74, 6) is 0.190. The minimum atomic E-state index is -0.712. The highest BCUT2D eigenvalue weighted by molar-refractivity contribution is 6.10. The fourth-order valence-corrected chi connectivity index (χ4v) is 3.70. The molecule has 2 aromatic rings. The highest BCUT2D eigenvalue weighted by Gasteiger charge is 2.47. The van der Waals surface area contributed by atoms with Crippen molar-refractivity contribution in [1.82, 2.24) is 0 Å². The maximum absolute atomic E-state index is 13.5. The van der Waals surface area contributed by atoms with Gasteiger partial charge in [-0.1, -0.05) is 60.7 Å². The fourth-order valence-electron chi connectivity index (χ4n) is 3.70. The number of rotatable bonds is 2. The highest BCUT2D eigenvalue weighted by atomic mass is 16.1. The maximum atomic E-state index is 13.5. The van der Waals surface area contributed by atoms with Gasteiger partial charge in [0.25, 0.3) is 0 Å². The summed E-state index contributed by atoms with van der Waals surface area (Å²) in [6.07, 6.45) is 0. The molecular weight excluding hydrogens is 280 g/mol. The second-order valence-corrected chi connectivity index (χ2v) is 6.31. The molecule has 1 aliphatic carbocycles. The molecule has 23 heavy (non-hydrogen) atoms. The third-order valence-electron chi connectivity index (χ3n) is 5.34. The molecule has 0 N–H and O–H groups in total. The summed E-state index contributed by atoms with van der Waals surface area (Å²) in [6.45, 7) is 8.23. The van der Waals surface area contributed by atoms with Crippen LogP contribution >= 0.6 is 0 Å². The molecule has 116 valence electrons. The molecule has 0 aliphatic heterocycles. The van der Waals surface area contributed by atoms with Crippen molar-refractivity contribution in [2.75, 3.05) is 0 Å². The lowest BCUT2D eigenvalue weighted by Gasteiger charge is -2.40. The average molecular weight is 302 g/mol. The topological polar surface area (TPSA) is 17.1 Å². The number of carbonyl (C=O) groups is 1. The summed E-state index contributed by atoms with van der Waals surface area (Å²) in [7, 11) is 0. The molecule has 1 nitrogen and oxygen atoms in total. The lowest BCUT2D eigenvalue weighted by molar-refractivity contribution is -0.118. The first-order valence-corrected chi connectivity index (χ1v) is 8.03. The Kier molecular flexibility index (Phi) is 3.81. The zero-order valence-corrected chi connectivity index (χ0v) is 14.2. The lowest BCUT2D eigenvalue weighted by Crippen LogP contribution is -2.42. The van der Waals surface area contributed by atoms with Crippen molar-refractivity contribution in [2.45, 2.75) is 33.1 Å². The molecule has 0 atom stereocenters. The molecule has 0 saturated heterocycles. The van der Waals surface area contributed by atoms with Gasteiger partial charge >= 0.3 is 0 Å². The first-order chi connectivity index (χ1) is 11.0. The highest BCUT2D eigenvalue weighted by Crippen LogP contribution is 2.47. The van der Waals surface area contributed by atoms with Crippen LogP contribution in [0.15, 0.2) is 83.0 Å². The monoisotopic (exact) mass is 302 g/mol. The first kappa shape index (κ1) is 15.5. The third kappa shape index (κ3) is 2.11. The Bertz CT molecular complexity index is 768. The molecule has 1 heteroatoms. The summed E-state index contributed by atoms with van der Waals surface area (Å²) in [5.41, 5.74) is 5.68. The van der Waals surface area contributed by atoms with Gasteiger partial charge in [0, 0.05) is 0 Å². The Morgan fingerprint density at radius 2 is 1.04 bits per heavy atom. The van der Waals surface area contributed by atoms with Gasteiger partial charge < -0.3 is 0 Å². The maximum Gasteiger partial charge on any atom is 0.177 e. The number of hydrogen-bond acceptors (Lipinski definition) is 1. The van der Waals surface area contributed by atoms with Crippen molar-refractivity contribution >= 4 is 5.78 Å². The van der Waals surface area contributed by atoms with Gasteiger partial charge in [-0.15, -0.1) is 0 Å². The van der Waals surface area contributed by atoms with Crippen molar-refractivity contribution in [1.29, 1.82) is 0 Å². The molecule has 1 aliphatic rings. The van der Waals surface area contributed by atoms with Crippen LogP contribution in [0.2, 0.25) is 0 Å². The molecule has 0 amide bonds. The molecule has 0 bridgehead atoms. The van der Waals surface area contributed by atoms with E-state index in [2.05, 4.69) is 38.1 Å². The van der Waals surface area contributed by atoms with Crippen molar-refractivity contribution in [2.24, 2.45) is 0 Å². The van der Waals surface area contributed by atoms with Crippen LogP contribution in [-0.4, -0.2) is 5.78 Å². The molecule has 0 saturated carbocycles. The van der Waals surface area contributed by atoms with E-state index in [1.807, 2.05) is 50.2 Å². The Balaban J connectivity index is 2.42. The number of benzene rings is 2. The SMILES string of the molecule is CC1=C(C)C(C)=C(C)C(c2ccccc2)(c2ccccc2)C1=O. The Morgan fingerprint density at radius 1 is 0.609 bits per heavy atom. The largest absolute Gasteiger partial charge is 0.293 e. The minimum Gasteiger partial charge on any atom is -0.293 e. The predicted octanol–water partition coefficient (Wildman–Crippen LogP) is 5.23. The molecule has 0 radical (unpaired) electrons. The Hall–Kier alpha value is -2.41. The van der Waals surface area contributed by atoms with E-state index in [1.165, 1.54) is 5.57 Å². The number of Topliss-reactive ketones (excluding diaryl/α,β-unsaturated/α-hetero) is 1. The second kappa shape index (κ2) is 5.66. The van der Waals surface area contributed by atoms with E-state index in [1.54, 1.807) is 0 Å². The van der Waals surface area contributed by atoms with Gasteiger partial charge in [-0.2, -0.15) is 0 Å². The van der Waals surface area contributed by atoms with Crippen molar-refractivity contribution < 1.29 is 4.79 Å². The third-order valence-corrected chi connectivity index (χ3v) is 5.34. The Labute approximate surface area is 138 Å². The van der Waals surface area contributed by atoms with Gasteiger partial charge in [0.15, 0.2) is 5.78 Å². The van der Waals surface area contributed by atoms with Gasteiger partial charge in [0.2, 0.25) is 0 Å². The minimum absolute atomic E-state index is 0.190. The fraction of sp³-hybridized carbons (Fsp3) is 0.227. The number of allylic oxidation sites excluding steroid dienone is 4. The summed E-state index contributed by atoms with van der Waals surface area (Å²) in [6, 6.07) is 20.3. The summed E-state index contributed by atoms with van der Waals surface area (Å²) in [5, 5.41) is 0. The molecule has 0 unspecified atom stereocenters. The molecule has 0 fully saturated rings. The van der Waals surface area contributed by atoms with Gasteiger partial charge in [0.1, 0.15) is 5.41 Å². The van der Waals surface area contributed by atoms with Crippen LogP contribution in [0.4, 0.5) is 0 Å². The molecule has 2 aromatic carbocycles. The van der Waals surface area contributed by atoms with E-state index in [0.29, 0.717) is 0 Å². The molecule has 0 heterocycles. The van der Waals surface area contributed by atoms with E-state index in [9.17, 15) is 4.79 Å². The number of carbonyl (C=O) groups excluding carboxylic acids is 1. The van der Waals surface area contributed by atoms with E-state index < -0.39 is 5.41 Å². The first-order valence-electron chi connectivity index (χ1n) is 8.03.